The summed E-state index contributed by atoms with van der Waals surface area (Å²) in [5.41, 5.74) is 0. The molecule has 3 heteroatoms. The zero-order chi connectivity index (χ0) is 10.5. The van der Waals surface area contributed by atoms with Gasteiger partial charge in [-0.2, -0.15) is 0 Å². The van der Waals surface area contributed by atoms with E-state index in [1.165, 1.54) is 25.7 Å². The van der Waals surface area contributed by atoms with Crippen LogP contribution in [-0.4, -0.2) is 42.6 Å². The molecule has 0 aromatic rings. The molecule has 0 N–H and O–H groups in total. The first kappa shape index (κ1) is 11.4. The van der Waals surface area contributed by atoms with E-state index in [-0.39, 0.29) is 0 Å². The average molecular weight is 230 g/mol. The topological polar surface area (TPSA) is 12.5 Å². The molecule has 0 aromatic heterocycles. The number of fused-ring (bicyclic) bond motifs is 1. The predicted octanol–water partition coefficient (Wildman–Crippen LogP) is 2.42. The summed E-state index contributed by atoms with van der Waals surface area (Å²) in [6.45, 7) is 3.01. The second-order valence-electron chi connectivity index (χ2n) is 4.38. The van der Waals surface area contributed by atoms with E-state index in [0.29, 0.717) is 18.0 Å². The van der Waals surface area contributed by atoms with Crippen LogP contribution in [0.15, 0.2) is 12.2 Å². The Morgan fingerprint density at radius 2 is 2.13 bits per heavy atom. The fourth-order valence-electron chi connectivity index (χ4n) is 2.68. The average Bonchev–Trinajstić information content (AvgIpc) is 2.30. The molecule has 0 spiro atoms. The van der Waals surface area contributed by atoms with Crippen LogP contribution in [0.3, 0.4) is 0 Å². The molecule has 2 atom stereocenters. The standard InChI is InChI=1S/C12H20ClNO/c13-7-3-4-8-14-9-10-15-12-6-2-1-5-11(12)14/h3-4,11-12H,1-2,5-10H2. The fraction of sp³-hybridized carbons (Fsp3) is 0.833. The van der Waals surface area contributed by atoms with Gasteiger partial charge >= 0.3 is 0 Å². The molecule has 15 heavy (non-hydrogen) atoms. The summed E-state index contributed by atoms with van der Waals surface area (Å²) in [5, 5.41) is 0. The Bertz CT molecular complexity index is 218. The van der Waals surface area contributed by atoms with Gasteiger partial charge in [-0.05, 0) is 12.8 Å². The predicted molar refractivity (Wildman–Crippen MR) is 63.4 cm³/mol. The molecule has 2 rings (SSSR count). The largest absolute Gasteiger partial charge is 0.375 e. The minimum Gasteiger partial charge on any atom is -0.375 e. The van der Waals surface area contributed by atoms with Gasteiger partial charge in [0, 0.05) is 25.0 Å². The first-order valence-electron chi connectivity index (χ1n) is 5.98. The maximum atomic E-state index is 5.83. The van der Waals surface area contributed by atoms with Gasteiger partial charge in [0.2, 0.25) is 0 Å². The summed E-state index contributed by atoms with van der Waals surface area (Å²) in [6, 6.07) is 0.660. The Labute approximate surface area is 97.2 Å². The van der Waals surface area contributed by atoms with Crippen LogP contribution in [0.4, 0.5) is 0 Å². The molecule has 0 bridgehead atoms. The second-order valence-corrected chi connectivity index (χ2v) is 4.69. The van der Waals surface area contributed by atoms with Crippen LogP contribution in [0.5, 0.6) is 0 Å². The highest BCUT2D eigenvalue weighted by atomic mass is 35.5. The van der Waals surface area contributed by atoms with E-state index >= 15 is 0 Å². The molecule has 2 nitrogen and oxygen atoms in total. The number of rotatable bonds is 3. The normalized spacial score (nSPS) is 33.1. The number of halogens is 1. The fourth-order valence-corrected chi connectivity index (χ4v) is 2.80. The number of nitrogens with zero attached hydrogens (tertiary/aromatic N) is 1. The Hall–Kier alpha value is -0.0500. The van der Waals surface area contributed by atoms with Crippen molar-refractivity contribution in [3.8, 4) is 0 Å². The third-order valence-corrected chi connectivity index (χ3v) is 3.62. The summed E-state index contributed by atoms with van der Waals surface area (Å²) in [6.07, 6.45) is 9.97. The highest BCUT2D eigenvalue weighted by Crippen LogP contribution is 2.28. The number of morpholine rings is 1. The molecule has 0 aromatic carbocycles. The van der Waals surface area contributed by atoms with Gasteiger partial charge in [0.05, 0.1) is 12.7 Å². The number of allylic oxidation sites excluding steroid dienone is 1. The lowest BCUT2D eigenvalue weighted by atomic mass is 9.90. The number of ether oxygens (including phenoxy) is 1. The van der Waals surface area contributed by atoms with Crippen molar-refractivity contribution in [1.29, 1.82) is 0 Å². The molecular weight excluding hydrogens is 210 g/mol. The Kier molecular flexibility index (Phi) is 4.48. The summed E-state index contributed by atoms with van der Waals surface area (Å²) >= 11 is 5.63. The molecule has 0 radical (unpaired) electrons. The van der Waals surface area contributed by atoms with E-state index < -0.39 is 0 Å². The van der Waals surface area contributed by atoms with E-state index in [2.05, 4.69) is 11.0 Å². The van der Waals surface area contributed by atoms with Crippen LogP contribution in [0.2, 0.25) is 0 Å². The van der Waals surface area contributed by atoms with Crippen LogP contribution < -0.4 is 0 Å². The first-order chi connectivity index (χ1) is 7.42. The maximum Gasteiger partial charge on any atom is 0.0731 e. The molecule has 1 heterocycles. The van der Waals surface area contributed by atoms with E-state index in [1.54, 1.807) is 0 Å². The number of alkyl halides is 1. The van der Waals surface area contributed by atoms with Gasteiger partial charge in [-0.3, -0.25) is 4.90 Å². The molecule has 0 amide bonds. The van der Waals surface area contributed by atoms with Crippen LogP contribution in [0.1, 0.15) is 25.7 Å². The summed E-state index contributed by atoms with van der Waals surface area (Å²) in [7, 11) is 0. The van der Waals surface area contributed by atoms with Crippen molar-refractivity contribution in [3.63, 3.8) is 0 Å². The van der Waals surface area contributed by atoms with Crippen molar-refractivity contribution in [2.45, 2.75) is 37.8 Å². The molecule has 2 unspecified atom stereocenters. The molecule has 2 fully saturated rings. The first-order valence-corrected chi connectivity index (χ1v) is 6.52. The lowest BCUT2D eigenvalue weighted by Gasteiger charge is -2.43. The third kappa shape index (κ3) is 2.96. The van der Waals surface area contributed by atoms with Crippen molar-refractivity contribution in [2.75, 3.05) is 25.6 Å². The zero-order valence-electron chi connectivity index (χ0n) is 9.20. The lowest BCUT2D eigenvalue weighted by Crippen LogP contribution is -2.52. The summed E-state index contributed by atoms with van der Waals surface area (Å²) < 4.78 is 5.83. The second kappa shape index (κ2) is 5.88. The summed E-state index contributed by atoms with van der Waals surface area (Å²) in [4.78, 5) is 2.55. The van der Waals surface area contributed by atoms with E-state index in [0.717, 1.165) is 19.7 Å². The van der Waals surface area contributed by atoms with Crippen molar-refractivity contribution in [2.24, 2.45) is 0 Å². The molecular formula is C12H20ClNO. The van der Waals surface area contributed by atoms with Gasteiger partial charge in [-0.25, -0.2) is 0 Å². The van der Waals surface area contributed by atoms with Gasteiger partial charge in [0.25, 0.3) is 0 Å². The molecule has 86 valence electrons. The van der Waals surface area contributed by atoms with E-state index in [4.69, 9.17) is 16.3 Å². The highest BCUT2D eigenvalue weighted by Gasteiger charge is 2.33. The molecule has 1 aliphatic carbocycles. The Balaban J connectivity index is 1.88. The number of hydrogen-bond donors (Lipinski definition) is 0. The SMILES string of the molecule is ClCC=CCN1CCOC2CCCCC21. The zero-order valence-corrected chi connectivity index (χ0v) is 9.96. The minimum atomic E-state index is 0.497. The van der Waals surface area contributed by atoms with Gasteiger partial charge in [0.15, 0.2) is 0 Å². The molecule has 1 aliphatic heterocycles. The highest BCUT2D eigenvalue weighted by molar-refractivity contribution is 6.18. The maximum absolute atomic E-state index is 5.83. The number of hydrogen-bond acceptors (Lipinski definition) is 2. The van der Waals surface area contributed by atoms with Gasteiger partial charge < -0.3 is 4.74 Å². The van der Waals surface area contributed by atoms with Crippen molar-refractivity contribution >= 4 is 11.6 Å². The van der Waals surface area contributed by atoms with E-state index in [1.807, 2.05) is 6.08 Å². The van der Waals surface area contributed by atoms with Crippen molar-refractivity contribution in [1.82, 2.24) is 4.90 Å². The van der Waals surface area contributed by atoms with Crippen LogP contribution in [-0.2, 0) is 4.74 Å². The summed E-state index contributed by atoms with van der Waals surface area (Å²) in [5.74, 6) is 0.623. The van der Waals surface area contributed by atoms with Gasteiger partial charge in [0.1, 0.15) is 0 Å². The van der Waals surface area contributed by atoms with E-state index in [9.17, 15) is 0 Å². The van der Waals surface area contributed by atoms with Crippen LogP contribution >= 0.6 is 11.6 Å². The minimum absolute atomic E-state index is 0.497. The van der Waals surface area contributed by atoms with Crippen molar-refractivity contribution in [3.05, 3.63) is 12.2 Å². The third-order valence-electron chi connectivity index (χ3n) is 3.44. The van der Waals surface area contributed by atoms with Gasteiger partial charge in [-0.15, -0.1) is 11.6 Å². The molecule has 2 aliphatic rings. The van der Waals surface area contributed by atoms with Crippen LogP contribution in [0, 0.1) is 0 Å². The van der Waals surface area contributed by atoms with Gasteiger partial charge in [-0.1, -0.05) is 25.0 Å². The smallest absolute Gasteiger partial charge is 0.0731 e. The van der Waals surface area contributed by atoms with Crippen molar-refractivity contribution < 1.29 is 4.74 Å². The monoisotopic (exact) mass is 229 g/mol. The lowest BCUT2D eigenvalue weighted by molar-refractivity contribution is -0.0841. The molecule has 1 saturated heterocycles. The molecule has 1 saturated carbocycles. The quantitative estimate of drug-likeness (QED) is 0.545. The Morgan fingerprint density at radius 1 is 1.27 bits per heavy atom. The van der Waals surface area contributed by atoms with Crippen LogP contribution in [0.25, 0.3) is 0 Å². The Morgan fingerprint density at radius 3 is 3.00 bits per heavy atom.